The third-order valence-corrected chi connectivity index (χ3v) is 4.70. The van der Waals surface area contributed by atoms with E-state index in [1.807, 2.05) is 23.1 Å². The zero-order valence-corrected chi connectivity index (χ0v) is 14.5. The van der Waals surface area contributed by atoms with Crippen molar-refractivity contribution in [3.8, 4) is 0 Å². The Morgan fingerprint density at radius 1 is 1.29 bits per heavy atom. The molecule has 2 atom stereocenters. The van der Waals surface area contributed by atoms with Crippen molar-refractivity contribution in [2.75, 3.05) is 19.6 Å². The van der Waals surface area contributed by atoms with Crippen LogP contribution in [0.2, 0.25) is 0 Å². The standard InChI is InChI=1S/C19H29N3O2/c1-15(16-7-3-2-4-8-16)13-19(24)22-12-6-5-9-17(22)14-21-18(23)10-11-20/h2-4,7-8,15,17H,5-6,9-14,20H2,1H3,(H,21,23). The predicted octanol–water partition coefficient (Wildman–Crippen LogP) is 2.03. The molecule has 3 N–H and O–H groups in total. The molecule has 0 bridgehead atoms. The van der Waals surface area contributed by atoms with Crippen molar-refractivity contribution in [1.29, 1.82) is 0 Å². The average Bonchev–Trinajstić information content (AvgIpc) is 2.61. The highest BCUT2D eigenvalue weighted by Crippen LogP contribution is 2.23. The van der Waals surface area contributed by atoms with E-state index in [1.54, 1.807) is 0 Å². The Bertz CT molecular complexity index is 533. The van der Waals surface area contributed by atoms with Crippen LogP contribution in [-0.2, 0) is 9.59 Å². The fourth-order valence-electron chi connectivity index (χ4n) is 3.27. The second kappa shape index (κ2) is 9.42. The van der Waals surface area contributed by atoms with Gasteiger partial charge in [-0.15, -0.1) is 0 Å². The smallest absolute Gasteiger partial charge is 0.223 e. The number of nitrogens with two attached hydrogens (primary N) is 1. The Labute approximate surface area is 144 Å². The molecule has 0 spiro atoms. The van der Waals surface area contributed by atoms with Crippen molar-refractivity contribution in [3.63, 3.8) is 0 Å². The van der Waals surface area contributed by atoms with Crippen LogP contribution in [0.25, 0.3) is 0 Å². The van der Waals surface area contributed by atoms with E-state index in [4.69, 9.17) is 5.73 Å². The van der Waals surface area contributed by atoms with E-state index < -0.39 is 0 Å². The molecular formula is C19H29N3O2. The molecule has 5 heteroatoms. The summed E-state index contributed by atoms with van der Waals surface area (Å²) in [5, 5.41) is 2.91. The van der Waals surface area contributed by atoms with Gasteiger partial charge in [0, 0.05) is 38.5 Å². The highest BCUT2D eigenvalue weighted by molar-refractivity contribution is 5.78. The first-order chi connectivity index (χ1) is 11.6. The van der Waals surface area contributed by atoms with Crippen molar-refractivity contribution < 1.29 is 9.59 Å². The summed E-state index contributed by atoms with van der Waals surface area (Å²) in [5.41, 5.74) is 6.59. The molecule has 1 heterocycles. The second-order valence-electron chi connectivity index (χ2n) is 6.60. The van der Waals surface area contributed by atoms with Crippen LogP contribution in [0.15, 0.2) is 30.3 Å². The molecule has 1 aliphatic heterocycles. The van der Waals surface area contributed by atoms with Crippen molar-refractivity contribution in [3.05, 3.63) is 35.9 Å². The van der Waals surface area contributed by atoms with Crippen molar-refractivity contribution >= 4 is 11.8 Å². The van der Waals surface area contributed by atoms with Gasteiger partial charge in [-0.05, 0) is 30.7 Å². The molecular weight excluding hydrogens is 302 g/mol. The molecule has 0 saturated carbocycles. The monoisotopic (exact) mass is 331 g/mol. The maximum Gasteiger partial charge on any atom is 0.223 e. The summed E-state index contributed by atoms with van der Waals surface area (Å²) in [7, 11) is 0. The summed E-state index contributed by atoms with van der Waals surface area (Å²) in [6.07, 6.45) is 3.95. The van der Waals surface area contributed by atoms with Crippen LogP contribution in [0.4, 0.5) is 0 Å². The van der Waals surface area contributed by atoms with Gasteiger partial charge in [0.05, 0.1) is 0 Å². The molecule has 0 aromatic heterocycles. The Morgan fingerprint density at radius 3 is 2.75 bits per heavy atom. The number of piperidine rings is 1. The van der Waals surface area contributed by atoms with E-state index >= 15 is 0 Å². The largest absolute Gasteiger partial charge is 0.354 e. The lowest BCUT2D eigenvalue weighted by Gasteiger charge is -2.36. The normalized spacial score (nSPS) is 18.9. The summed E-state index contributed by atoms with van der Waals surface area (Å²) < 4.78 is 0. The van der Waals surface area contributed by atoms with Crippen LogP contribution in [0, 0.1) is 0 Å². The maximum absolute atomic E-state index is 12.8. The van der Waals surface area contributed by atoms with Gasteiger partial charge in [0.2, 0.25) is 11.8 Å². The second-order valence-corrected chi connectivity index (χ2v) is 6.60. The first-order valence-electron chi connectivity index (χ1n) is 8.93. The number of carbonyl (C=O) groups excluding carboxylic acids is 2. The molecule has 5 nitrogen and oxygen atoms in total. The summed E-state index contributed by atoms with van der Waals surface area (Å²) in [5.74, 6) is 0.352. The van der Waals surface area contributed by atoms with Gasteiger partial charge in [0.1, 0.15) is 0 Å². The van der Waals surface area contributed by atoms with E-state index in [0.717, 1.165) is 25.8 Å². The number of nitrogens with zero attached hydrogens (tertiary/aromatic N) is 1. The maximum atomic E-state index is 12.8. The fourth-order valence-corrected chi connectivity index (χ4v) is 3.27. The minimum atomic E-state index is -0.0341. The van der Waals surface area contributed by atoms with Crippen LogP contribution in [0.5, 0.6) is 0 Å². The van der Waals surface area contributed by atoms with Crippen LogP contribution >= 0.6 is 0 Å². The van der Waals surface area contributed by atoms with E-state index in [9.17, 15) is 9.59 Å². The zero-order chi connectivity index (χ0) is 17.4. The molecule has 1 fully saturated rings. The molecule has 1 aromatic carbocycles. The van der Waals surface area contributed by atoms with Crippen molar-refractivity contribution in [2.24, 2.45) is 5.73 Å². The minimum absolute atomic E-state index is 0.0341. The molecule has 2 unspecified atom stereocenters. The van der Waals surface area contributed by atoms with Gasteiger partial charge in [-0.1, -0.05) is 37.3 Å². The third kappa shape index (κ3) is 5.34. The number of amides is 2. The SMILES string of the molecule is CC(CC(=O)N1CCCCC1CNC(=O)CCN)c1ccccc1. The predicted molar refractivity (Wildman–Crippen MR) is 95.5 cm³/mol. The fraction of sp³-hybridized carbons (Fsp3) is 0.579. The number of rotatable bonds is 7. The Balaban J connectivity index is 1.91. The van der Waals surface area contributed by atoms with E-state index in [2.05, 4.69) is 24.4 Å². The van der Waals surface area contributed by atoms with Crippen LogP contribution in [0.3, 0.4) is 0 Å². The molecule has 0 aliphatic carbocycles. The van der Waals surface area contributed by atoms with Crippen LogP contribution in [0.1, 0.15) is 50.5 Å². The van der Waals surface area contributed by atoms with Crippen molar-refractivity contribution in [2.45, 2.75) is 51.0 Å². The number of likely N-dealkylation sites (tertiary alicyclic amines) is 1. The number of nitrogens with one attached hydrogen (secondary N) is 1. The molecule has 1 saturated heterocycles. The molecule has 0 radical (unpaired) electrons. The van der Waals surface area contributed by atoms with Gasteiger partial charge in [-0.25, -0.2) is 0 Å². The Hall–Kier alpha value is -1.88. The molecule has 1 aliphatic rings. The van der Waals surface area contributed by atoms with Gasteiger partial charge >= 0.3 is 0 Å². The summed E-state index contributed by atoms with van der Waals surface area (Å²) in [6.45, 7) is 3.77. The van der Waals surface area contributed by atoms with E-state index in [-0.39, 0.29) is 23.8 Å². The summed E-state index contributed by atoms with van der Waals surface area (Å²) in [4.78, 5) is 26.4. The van der Waals surface area contributed by atoms with E-state index in [0.29, 0.717) is 25.9 Å². The lowest BCUT2D eigenvalue weighted by Crippen LogP contribution is -2.49. The average molecular weight is 331 g/mol. The lowest BCUT2D eigenvalue weighted by atomic mass is 9.95. The Kier molecular flexibility index (Phi) is 7.25. The topological polar surface area (TPSA) is 75.4 Å². The van der Waals surface area contributed by atoms with Gasteiger partial charge in [0.25, 0.3) is 0 Å². The first-order valence-corrected chi connectivity index (χ1v) is 8.93. The number of benzene rings is 1. The minimum Gasteiger partial charge on any atom is -0.354 e. The molecule has 132 valence electrons. The molecule has 2 amide bonds. The first kappa shape index (κ1) is 18.5. The van der Waals surface area contributed by atoms with Gasteiger partial charge in [0.15, 0.2) is 0 Å². The quantitative estimate of drug-likeness (QED) is 0.803. The number of hydrogen-bond acceptors (Lipinski definition) is 3. The van der Waals surface area contributed by atoms with E-state index in [1.165, 1.54) is 5.56 Å². The van der Waals surface area contributed by atoms with Crippen LogP contribution < -0.4 is 11.1 Å². The van der Waals surface area contributed by atoms with Crippen molar-refractivity contribution in [1.82, 2.24) is 10.2 Å². The third-order valence-electron chi connectivity index (χ3n) is 4.70. The van der Waals surface area contributed by atoms with Gasteiger partial charge < -0.3 is 16.0 Å². The Morgan fingerprint density at radius 2 is 2.04 bits per heavy atom. The summed E-state index contributed by atoms with van der Waals surface area (Å²) in [6, 6.07) is 10.2. The lowest BCUT2D eigenvalue weighted by molar-refractivity contribution is -0.135. The summed E-state index contributed by atoms with van der Waals surface area (Å²) >= 11 is 0. The highest BCUT2D eigenvalue weighted by Gasteiger charge is 2.27. The van der Waals surface area contributed by atoms with Crippen LogP contribution in [-0.4, -0.2) is 42.4 Å². The number of carbonyl (C=O) groups is 2. The molecule has 1 aromatic rings. The molecule has 24 heavy (non-hydrogen) atoms. The number of hydrogen-bond donors (Lipinski definition) is 2. The van der Waals surface area contributed by atoms with Gasteiger partial charge in [-0.3, -0.25) is 9.59 Å². The zero-order valence-electron chi connectivity index (χ0n) is 14.5. The highest BCUT2D eigenvalue weighted by atomic mass is 16.2. The molecule has 2 rings (SSSR count). The van der Waals surface area contributed by atoms with Gasteiger partial charge in [-0.2, -0.15) is 0 Å².